The van der Waals surface area contributed by atoms with Gasteiger partial charge in [0.15, 0.2) is 0 Å². The highest BCUT2D eigenvalue weighted by molar-refractivity contribution is 7.92. The summed E-state index contributed by atoms with van der Waals surface area (Å²) >= 11 is 5.87. The summed E-state index contributed by atoms with van der Waals surface area (Å²) in [5.74, 6) is -0.856. The van der Waals surface area contributed by atoms with E-state index in [-0.39, 0.29) is 10.8 Å². The maximum absolute atomic E-state index is 12.9. The van der Waals surface area contributed by atoms with Crippen LogP contribution in [-0.2, 0) is 10.0 Å². The zero-order chi connectivity index (χ0) is 19.4. The van der Waals surface area contributed by atoms with Crippen molar-refractivity contribution in [3.05, 3.63) is 89.2 Å². The molecule has 2 N–H and O–H groups in total. The molecule has 0 spiro atoms. The fourth-order valence-corrected chi connectivity index (χ4v) is 3.53. The quantitative estimate of drug-likeness (QED) is 0.655. The normalized spacial score (nSPS) is 11.0. The molecule has 3 aromatic rings. The lowest BCUT2D eigenvalue weighted by Gasteiger charge is -2.10. The molecular weight excluding hydrogens is 391 g/mol. The second-order valence-corrected chi connectivity index (χ2v) is 7.72. The van der Waals surface area contributed by atoms with E-state index in [1.807, 2.05) is 0 Å². The third-order valence-electron chi connectivity index (χ3n) is 3.61. The number of amides is 1. The van der Waals surface area contributed by atoms with Gasteiger partial charge >= 0.3 is 0 Å². The Hall–Kier alpha value is -2.90. The lowest BCUT2D eigenvalue weighted by molar-refractivity contribution is 0.102. The van der Waals surface area contributed by atoms with Gasteiger partial charge in [0.05, 0.1) is 4.90 Å². The summed E-state index contributed by atoms with van der Waals surface area (Å²) in [6, 6.07) is 17.2. The largest absolute Gasteiger partial charge is 0.322 e. The van der Waals surface area contributed by atoms with Crippen molar-refractivity contribution in [1.29, 1.82) is 0 Å². The van der Waals surface area contributed by atoms with E-state index in [1.54, 1.807) is 36.4 Å². The molecule has 0 aliphatic rings. The molecule has 0 heterocycles. The fourth-order valence-electron chi connectivity index (χ4n) is 2.28. The Morgan fingerprint density at radius 1 is 0.889 bits per heavy atom. The van der Waals surface area contributed by atoms with E-state index in [0.29, 0.717) is 22.0 Å². The smallest absolute Gasteiger partial charge is 0.261 e. The van der Waals surface area contributed by atoms with E-state index in [9.17, 15) is 17.6 Å². The summed E-state index contributed by atoms with van der Waals surface area (Å²) in [4.78, 5) is 12.1. The van der Waals surface area contributed by atoms with Crippen LogP contribution in [0.15, 0.2) is 77.7 Å². The molecule has 27 heavy (non-hydrogen) atoms. The van der Waals surface area contributed by atoms with Gasteiger partial charge in [-0.1, -0.05) is 17.7 Å². The first-order valence-electron chi connectivity index (χ1n) is 7.79. The summed E-state index contributed by atoms with van der Waals surface area (Å²) < 4.78 is 39.9. The number of anilines is 2. The van der Waals surface area contributed by atoms with Crippen molar-refractivity contribution in [1.82, 2.24) is 0 Å². The van der Waals surface area contributed by atoms with Gasteiger partial charge in [-0.2, -0.15) is 0 Å². The summed E-state index contributed by atoms with van der Waals surface area (Å²) in [7, 11) is -3.83. The molecule has 0 aromatic heterocycles. The minimum Gasteiger partial charge on any atom is -0.322 e. The monoisotopic (exact) mass is 404 g/mol. The van der Waals surface area contributed by atoms with Crippen molar-refractivity contribution in [2.24, 2.45) is 0 Å². The van der Waals surface area contributed by atoms with Crippen LogP contribution in [0.2, 0.25) is 5.02 Å². The molecule has 138 valence electrons. The lowest BCUT2D eigenvalue weighted by Crippen LogP contribution is -2.14. The van der Waals surface area contributed by atoms with Crippen molar-refractivity contribution >= 4 is 38.9 Å². The highest BCUT2D eigenvalue weighted by Crippen LogP contribution is 2.19. The molecule has 1 amide bonds. The summed E-state index contributed by atoms with van der Waals surface area (Å²) in [5, 5.41) is 3.15. The van der Waals surface area contributed by atoms with E-state index < -0.39 is 15.8 Å². The molecule has 3 aromatic carbocycles. The van der Waals surface area contributed by atoms with Crippen molar-refractivity contribution in [2.75, 3.05) is 10.0 Å². The van der Waals surface area contributed by atoms with E-state index in [4.69, 9.17) is 11.6 Å². The Bertz CT molecular complexity index is 1070. The molecule has 0 fully saturated rings. The zero-order valence-corrected chi connectivity index (χ0v) is 15.4. The van der Waals surface area contributed by atoms with E-state index in [2.05, 4.69) is 10.0 Å². The number of sulfonamides is 1. The summed E-state index contributed by atoms with van der Waals surface area (Å²) in [6.45, 7) is 0. The Morgan fingerprint density at radius 2 is 1.52 bits per heavy atom. The highest BCUT2D eigenvalue weighted by Gasteiger charge is 2.14. The first kappa shape index (κ1) is 18.9. The first-order chi connectivity index (χ1) is 12.8. The van der Waals surface area contributed by atoms with E-state index in [1.165, 1.54) is 24.3 Å². The van der Waals surface area contributed by atoms with Crippen LogP contribution in [0.25, 0.3) is 0 Å². The van der Waals surface area contributed by atoms with Gasteiger partial charge in [-0.15, -0.1) is 0 Å². The number of hydrogen-bond acceptors (Lipinski definition) is 3. The number of carbonyl (C=O) groups is 1. The average Bonchev–Trinajstić information content (AvgIpc) is 2.63. The van der Waals surface area contributed by atoms with Crippen LogP contribution in [0.1, 0.15) is 10.4 Å². The Morgan fingerprint density at radius 3 is 2.15 bits per heavy atom. The number of hydrogen-bond donors (Lipinski definition) is 2. The number of halogens is 2. The molecule has 8 heteroatoms. The van der Waals surface area contributed by atoms with Crippen LogP contribution in [0.3, 0.4) is 0 Å². The predicted molar refractivity (Wildman–Crippen MR) is 103 cm³/mol. The predicted octanol–water partition coefficient (Wildman–Crippen LogP) is 4.53. The third kappa shape index (κ3) is 4.84. The molecular formula is C19H14ClFN2O3S. The fraction of sp³-hybridized carbons (Fsp3) is 0. The summed E-state index contributed by atoms with van der Waals surface area (Å²) in [6.07, 6.45) is 0. The van der Waals surface area contributed by atoms with Crippen LogP contribution < -0.4 is 10.0 Å². The number of benzene rings is 3. The van der Waals surface area contributed by atoms with Crippen LogP contribution in [0.5, 0.6) is 0 Å². The van der Waals surface area contributed by atoms with Crippen LogP contribution in [0.4, 0.5) is 15.8 Å². The summed E-state index contributed by atoms with van der Waals surface area (Å²) in [5.41, 5.74) is 1.20. The van der Waals surface area contributed by atoms with Gasteiger partial charge in [0.1, 0.15) is 5.82 Å². The van der Waals surface area contributed by atoms with Gasteiger partial charge in [0.25, 0.3) is 15.9 Å². The van der Waals surface area contributed by atoms with E-state index >= 15 is 0 Å². The molecule has 0 aliphatic heterocycles. The van der Waals surface area contributed by atoms with E-state index in [0.717, 1.165) is 12.1 Å². The molecule has 0 aliphatic carbocycles. The maximum Gasteiger partial charge on any atom is 0.261 e. The zero-order valence-electron chi connectivity index (χ0n) is 13.8. The lowest BCUT2D eigenvalue weighted by atomic mass is 10.2. The molecule has 5 nitrogen and oxygen atoms in total. The number of nitrogens with one attached hydrogen (secondary N) is 2. The van der Waals surface area contributed by atoms with Gasteiger partial charge in [-0.25, -0.2) is 12.8 Å². The maximum atomic E-state index is 12.9. The van der Waals surface area contributed by atoms with Gasteiger partial charge in [0.2, 0.25) is 0 Å². The third-order valence-corrected chi connectivity index (χ3v) is 5.24. The average molecular weight is 405 g/mol. The molecule has 0 saturated carbocycles. The first-order valence-corrected chi connectivity index (χ1v) is 9.65. The Labute approximate surface area is 160 Å². The van der Waals surface area contributed by atoms with Gasteiger partial charge in [-0.05, 0) is 66.7 Å². The Kier molecular flexibility index (Phi) is 5.43. The second kappa shape index (κ2) is 7.77. The molecule has 0 atom stereocenters. The number of carbonyl (C=O) groups excluding carboxylic acids is 1. The van der Waals surface area contributed by atoms with Crippen LogP contribution >= 0.6 is 11.6 Å². The molecule has 0 bridgehead atoms. The highest BCUT2D eigenvalue weighted by atomic mass is 35.5. The topological polar surface area (TPSA) is 75.3 Å². The van der Waals surface area contributed by atoms with Crippen LogP contribution in [-0.4, -0.2) is 14.3 Å². The van der Waals surface area contributed by atoms with Crippen molar-refractivity contribution in [3.63, 3.8) is 0 Å². The molecule has 0 radical (unpaired) electrons. The molecule has 0 saturated heterocycles. The second-order valence-electron chi connectivity index (χ2n) is 5.60. The van der Waals surface area contributed by atoms with Gasteiger partial charge in [0, 0.05) is 22.0 Å². The van der Waals surface area contributed by atoms with Crippen LogP contribution in [0, 0.1) is 5.82 Å². The Balaban J connectivity index is 1.70. The number of rotatable bonds is 5. The van der Waals surface area contributed by atoms with Crippen molar-refractivity contribution in [2.45, 2.75) is 4.90 Å². The van der Waals surface area contributed by atoms with Gasteiger partial charge in [-0.3, -0.25) is 9.52 Å². The minimum absolute atomic E-state index is 0.0535. The minimum atomic E-state index is -3.83. The van der Waals surface area contributed by atoms with Crippen molar-refractivity contribution < 1.29 is 17.6 Å². The van der Waals surface area contributed by atoms with Gasteiger partial charge < -0.3 is 5.32 Å². The standard InChI is InChI=1S/C19H14ClFN2O3S/c20-14-3-1-2-13(12-14)19(24)22-16-6-8-17(9-7-16)23-27(25,26)18-10-4-15(21)5-11-18/h1-12,23H,(H,22,24). The molecule has 3 rings (SSSR count). The molecule has 0 unspecified atom stereocenters. The van der Waals surface area contributed by atoms with Crippen molar-refractivity contribution in [3.8, 4) is 0 Å². The SMILES string of the molecule is O=C(Nc1ccc(NS(=O)(=O)c2ccc(F)cc2)cc1)c1cccc(Cl)c1.